The number of fused-ring (bicyclic) bond motifs is 1. The maximum absolute atomic E-state index is 6.14. The molecule has 0 aliphatic carbocycles. The summed E-state index contributed by atoms with van der Waals surface area (Å²) in [6.07, 6.45) is 3.07. The Morgan fingerprint density at radius 2 is 2.37 bits per heavy atom. The topological polar surface area (TPSA) is 29.8 Å². The van der Waals surface area contributed by atoms with E-state index in [9.17, 15) is 0 Å². The summed E-state index contributed by atoms with van der Waals surface area (Å²) in [5.74, 6) is 1.48. The van der Waals surface area contributed by atoms with E-state index in [2.05, 4.69) is 16.2 Å². The molecule has 102 valence electrons. The summed E-state index contributed by atoms with van der Waals surface area (Å²) in [6.45, 7) is 4.59. The van der Waals surface area contributed by atoms with Crippen molar-refractivity contribution in [1.82, 2.24) is 9.38 Å². The van der Waals surface area contributed by atoms with Crippen LogP contribution in [0.3, 0.4) is 0 Å². The van der Waals surface area contributed by atoms with Gasteiger partial charge in [-0.05, 0) is 18.6 Å². The van der Waals surface area contributed by atoms with Crippen LogP contribution in [0, 0.1) is 0 Å². The summed E-state index contributed by atoms with van der Waals surface area (Å²) in [4.78, 5) is 7.10. The van der Waals surface area contributed by atoms with Crippen molar-refractivity contribution in [3.05, 3.63) is 30.1 Å². The van der Waals surface area contributed by atoms with Gasteiger partial charge in [-0.1, -0.05) is 13.0 Å². The SMILES string of the molecule is CCC1COCCN1c1nc2ccccn2c1CCl. The van der Waals surface area contributed by atoms with E-state index in [0.717, 1.165) is 43.3 Å². The lowest BCUT2D eigenvalue weighted by molar-refractivity contribution is 0.0925. The van der Waals surface area contributed by atoms with Crippen LogP contribution in [-0.2, 0) is 10.6 Å². The van der Waals surface area contributed by atoms with Gasteiger partial charge in [0.2, 0.25) is 0 Å². The Labute approximate surface area is 117 Å². The van der Waals surface area contributed by atoms with Crippen LogP contribution in [-0.4, -0.2) is 35.2 Å². The third kappa shape index (κ3) is 2.19. The predicted octanol–water partition coefficient (Wildman–Crippen LogP) is 2.69. The Balaban J connectivity index is 2.07. The number of rotatable bonds is 3. The molecule has 1 atom stereocenters. The van der Waals surface area contributed by atoms with Gasteiger partial charge < -0.3 is 14.0 Å². The molecule has 3 heterocycles. The Hall–Kier alpha value is -1.26. The number of anilines is 1. The minimum absolute atomic E-state index is 0.389. The van der Waals surface area contributed by atoms with Crippen LogP contribution in [0.5, 0.6) is 0 Å². The second-order valence-electron chi connectivity index (χ2n) is 4.77. The van der Waals surface area contributed by atoms with Gasteiger partial charge in [0, 0.05) is 12.7 Å². The normalized spacial score (nSPS) is 20.1. The first-order valence-corrected chi connectivity index (χ1v) is 7.25. The van der Waals surface area contributed by atoms with E-state index in [1.54, 1.807) is 0 Å². The van der Waals surface area contributed by atoms with E-state index >= 15 is 0 Å². The van der Waals surface area contributed by atoms with Gasteiger partial charge in [-0.15, -0.1) is 11.6 Å². The van der Waals surface area contributed by atoms with Crippen molar-refractivity contribution in [2.24, 2.45) is 0 Å². The van der Waals surface area contributed by atoms with Crippen molar-refractivity contribution in [3.63, 3.8) is 0 Å². The molecule has 1 fully saturated rings. The molecule has 0 bridgehead atoms. The summed E-state index contributed by atoms with van der Waals surface area (Å²) in [5.41, 5.74) is 2.02. The van der Waals surface area contributed by atoms with Gasteiger partial charge in [0.05, 0.1) is 30.8 Å². The maximum Gasteiger partial charge on any atom is 0.152 e. The van der Waals surface area contributed by atoms with Gasteiger partial charge in [-0.3, -0.25) is 0 Å². The van der Waals surface area contributed by atoms with Crippen LogP contribution in [0.4, 0.5) is 5.82 Å². The number of nitrogens with zero attached hydrogens (tertiary/aromatic N) is 3. The molecule has 1 aliphatic heterocycles. The molecule has 2 aromatic heterocycles. The second-order valence-corrected chi connectivity index (χ2v) is 5.04. The first-order valence-electron chi connectivity index (χ1n) is 6.71. The van der Waals surface area contributed by atoms with Gasteiger partial charge in [-0.2, -0.15) is 0 Å². The third-order valence-electron chi connectivity index (χ3n) is 3.71. The highest BCUT2D eigenvalue weighted by atomic mass is 35.5. The fourth-order valence-corrected chi connectivity index (χ4v) is 2.91. The smallest absolute Gasteiger partial charge is 0.152 e. The van der Waals surface area contributed by atoms with E-state index in [4.69, 9.17) is 21.3 Å². The van der Waals surface area contributed by atoms with Crippen LogP contribution >= 0.6 is 11.6 Å². The molecule has 5 heteroatoms. The molecule has 0 amide bonds. The number of morpholine rings is 1. The Bertz CT molecular complexity index is 569. The van der Waals surface area contributed by atoms with Gasteiger partial charge in [0.25, 0.3) is 0 Å². The highest BCUT2D eigenvalue weighted by Gasteiger charge is 2.26. The largest absolute Gasteiger partial charge is 0.377 e. The third-order valence-corrected chi connectivity index (χ3v) is 3.96. The lowest BCUT2D eigenvalue weighted by atomic mass is 10.1. The van der Waals surface area contributed by atoms with E-state index < -0.39 is 0 Å². The average molecular weight is 280 g/mol. The summed E-state index contributed by atoms with van der Waals surface area (Å²) >= 11 is 6.14. The van der Waals surface area contributed by atoms with Crippen LogP contribution in [0.25, 0.3) is 5.65 Å². The molecule has 1 saturated heterocycles. The second kappa shape index (κ2) is 5.39. The summed E-state index contributed by atoms with van der Waals surface area (Å²) in [5, 5.41) is 0. The van der Waals surface area contributed by atoms with Crippen molar-refractivity contribution >= 4 is 23.1 Å². The summed E-state index contributed by atoms with van der Waals surface area (Å²) < 4.78 is 7.64. The Kier molecular flexibility index (Phi) is 3.62. The molecule has 0 spiro atoms. The van der Waals surface area contributed by atoms with Gasteiger partial charge in [0.15, 0.2) is 5.82 Å². The van der Waals surface area contributed by atoms with Crippen LogP contribution in [0.1, 0.15) is 19.0 Å². The lowest BCUT2D eigenvalue weighted by Crippen LogP contribution is -2.45. The van der Waals surface area contributed by atoms with Crippen LogP contribution < -0.4 is 4.90 Å². The van der Waals surface area contributed by atoms with E-state index in [1.807, 2.05) is 24.4 Å². The Morgan fingerprint density at radius 1 is 1.47 bits per heavy atom. The molecule has 3 rings (SSSR count). The van der Waals surface area contributed by atoms with Crippen LogP contribution in [0.15, 0.2) is 24.4 Å². The molecule has 0 N–H and O–H groups in total. The van der Waals surface area contributed by atoms with Gasteiger partial charge in [0.1, 0.15) is 5.65 Å². The number of hydrogen-bond donors (Lipinski definition) is 0. The van der Waals surface area contributed by atoms with E-state index in [1.165, 1.54) is 0 Å². The number of halogens is 1. The van der Waals surface area contributed by atoms with Crippen molar-refractivity contribution in [2.75, 3.05) is 24.7 Å². The maximum atomic E-state index is 6.14. The highest BCUT2D eigenvalue weighted by molar-refractivity contribution is 6.17. The predicted molar refractivity (Wildman–Crippen MR) is 77.0 cm³/mol. The highest BCUT2D eigenvalue weighted by Crippen LogP contribution is 2.27. The zero-order valence-electron chi connectivity index (χ0n) is 11.1. The van der Waals surface area contributed by atoms with E-state index in [-0.39, 0.29) is 0 Å². The van der Waals surface area contributed by atoms with Crippen molar-refractivity contribution in [1.29, 1.82) is 0 Å². The molecule has 0 aromatic carbocycles. The quantitative estimate of drug-likeness (QED) is 0.809. The number of ether oxygens (including phenoxy) is 1. The molecule has 4 nitrogen and oxygen atoms in total. The first-order chi connectivity index (χ1) is 9.35. The number of pyridine rings is 1. The fraction of sp³-hybridized carbons (Fsp3) is 0.500. The molecular weight excluding hydrogens is 262 g/mol. The summed E-state index contributed by atoms with van der Waals surface area (Å²) in [7, 11) is 0. The molecular formula is C14H18ClN3O. The first kappa shape index (κ1) is 12.8. The van der Waals surface area contributed by atoms with Gasteiger partial charge in [-0.25, -0.2) is 4.98 Å². The number of alkyl halides is 1. The molecule has 0 radical (unpaired) electrons. The van der Waals surface area contributed by atoms with Gasteiger partial charge >= 0.3 is 0 Å². The monoisotopic (exact) mass is 279 g/mol. The number of hydrogen-bond acceptors (Lipinski definition) is 3. The molecule has 19 heavy (non-hydrogen) atoms. The fourth-order valence-electron chi connectivity index (χ4n) is 2.66. The Morgan fingerprint density at radius 3 is 3.16 bits per heavy atom. The van der Waals surface area contributed by atoms with Crippen molar-refractivity contribution in [3.8, 4) is 0 Å². The molecule has 1 unspecified atom stereocenters. The van der Waals surface area contributed by atoms with E-state index in [0.29, 0.717) is 11.9 Å². The zero-order valence-corrected chi connectivity index (χ0v) is 11.8. The lowest BCUT2D eigenvalue weighted by Gasteiger charge is -2.35. The number of imidazole rings is 1. The molecule has 1 aliphatic rings. The van der Waals surface area contributed by atoms with Crippen LogP contribution in [0.2, 0.25) is 0 Å². The number of aromatic nitrogens is 2. The zero-order chi connectivity index (χ0) is 13.2. The van der Waals surface area contributed by atoms with Crippen molar-refractivity contribution in [2.45, 2.75) is 25.3 Å². The standard InChI is InChI=1S/C14H18ClN3O/c1-2-11-10-19-8-7-17(11)14-12(9-15)18-6-4-3-5-13(18)16-14/h3-6,11H,2,7-10H2,1H3. The average Bonchev–Trinajstić information content (AvgIpc) is 2.85. The molecule has 2 aromatic rings. The molecule has 0 saturated carbocycles. The minimum Gasteiger partial charge on any atom is -0.377 e. The minimum atomic E-state index is 0.389. The summed E-state index contributed by atoms with van der Waals surface area (Å²) in [6, 6.07) is 6.41. The van der Waals surface area contributed by atoms with Crippen molar-refractivity contribution < 1.29 is 4.74 Å².